The zero-order valence-corrected chi connectivity index (χ0v) is 9.47. The third-order valence-corrected chi connectivity index (χ3v) is 2.68. The highest BCUT2D eigenvalue weighted by atomic mass is 19.3. The Kier molecular flexibility index (Phi) is 3.87. The third kappa shape index (κ3) is 2.81. The average molecular weight is 264 g/mol. The number of halogens is 4. The molecule has 0 N–H and O–H groups in total. The van der Waals surface area contributed by atoms with Crippen molar-refractivity contribution in [3.8, 4) is 0 Å². The molecule has 1 aliphatic rings. The largest absolute Gasteiger partial charge is 0.388 e. The van der Waals surface area contributed by atoms with Crippen molar-refractivity contribution < 1.29 is 27.0 Å². The zero-order chi connectivity index (χ0) is 13.2. The molecule has 0 aliphatic carbocycles. The first-order valence-electron chi connectivity index (χ1n) is 5.62. The molecule has 1 atom stereocenters. The molecule has 1 aromatic rings. The van der Waals surface area contributed by atoms with Gasteiger partial charge in [-0.2, -0.15) is 8.78 Å². The van der Waals surface area contributed by atoms with Gasteiger partial charge in [0.25, 0.3) is 0 Å². The molecule has 6 heteroatoms. The van der Waals surface area contributed by atoms with E-state index in [2.05, 4.69) is 4.74 Å². The van der Waals surface area contributed by atoms with Crippen LogP contribution in [0.1, 0.15) is 24.8 Å². The number of alkyl halides is 2. The summed E-state index contributed by atoms with van der Waals surface area (Å²) in [5, 5.41) is 0. The van der Waals surface area contributed by atoms with Gasteiger partial charge in [-0.15, -0.1) is 0 Å². The molecular weight excluding hydrogens is 252 g/mol. The molecule has 0 spiro atoms. The molecule has 100 valence electrons. The number of hydrogen-bond acceptors (Lipinski definition) is 2. The molecule has 1 aliphatic heterocycles. The second-order valence-corrected chi connectivity index (χ2v) is 4.03. The van der Waals surface area contributed by atoms with E-state index in [0.717, 1.165) is 24.6 Å². The molecule has 2 nitrogen and oxygen atoms in total. The smallest absolute Gasteiger partial charge is 0.352 e. The van der Waals surface area contributed by atoms with E-state index >= 15 is 0 Å². The van der Waals surface area contributed by atoms with Crippen molar-refractivity contribution in [3.05, 3.63) is 35.4 Å². The summed E-state index contributed by atoms with van der Waals surface area (Å²) in [5.41, 5.74) is -1.11. The molecule has 18 heavy (non-hydrogen) atoms. The summed E-state index contributed by atoms with van der Waals surface area (Å²) >= 11 is 0. The van der Waals surface area contributed by atoms with Crippen molar-refractivity contribution >= 4 is 0 Å². The van der Waals surface area contributed by atoms with Gasteiger partial charge in [-0.3, -0.25) is 4.74 Å². The number of rotatable bonds is 3. The van der Waals surface area contributed by atoms with Crippen LogP contribution in [0.3, 0.4) is 0 Å². The SMILES string of the molecule is Fc1cccc(C(F)(F)OC2CCCCO2)c1F. The van der Waals surface area contributed by atoms with E-state index in [-0.39, 0.29) is 0 Å². The van der Waals surface area contributed by atoms with Crippen molar-refractivity contribution in [1.82, 2.24) is 0 Å². The minimum Gasteiger partial charge on any atom is -0.352 e. The molecule has 0 amide bonds. The normalized spacial score (nSPS) is 21.0. The lowest BCUT2D eigenvalue weighted by molar-refractivity contribution is -0.332. The minimum atomic E-state index is -3.91. The molecule has 0 bridgehead atoms. The summed E-state index contributed by atoms with van der Waals surface area (Å²) in [7, 11) is 0. The van der Waals surface area contributed by atoms with E-state index in [0.29, 0.717) is 19.4 Å². The lowest BCUT2D eigenvalue weighted by Gasteiger charge is -2.27. The van der Waals surface area contributed by atoms with Gasteiger partial charge in [0.1, 0.15) is 0 Å². The molecular formula is C12H12F4O2. The Labute approximate surface area is 102 Å². The Morgan fingerprint density at radius 3 is 2.67 bits per heavy atom. The molecule has 1 unspecified atom stereocenters. The number of ether oxygens (including phenoxy) is 2. The van der Waals surface area contributed by atoms with Gasteiger partial charge in [-0.05, 0) is 31.4 Å². The van der Waals surface area contributed by atoms with Crippen molar-refractivity contribution in [2.75, 3.05) is 6.61 Å². The summed E-state index contributed by atoms with van der Waals surface area (Å²) in [5.74, 6) is -2.93. The van der Waals surface area contributed by atoms with E-state index in [9.17, 15) is 17.6 Å². The van der Waals surface area contributed by atoms with Crippen molar-refractivity contribution in [2.24, 2.45) is 0 Å². The molecule has 0 radical (unpaired) electrons. The van der Waals surface area contributed by atoms with Gasteiger partial charge in [0.2, 0.25) is 0 Å². The number of benzene rings is 1. The van der Waals surface area contributed by atoms with E-state index in [1.54, 1.807) is 0 Å². The third-order valence-electron chi connectivity index (χ3n) is 2.68. The van der Waals surface area contributed by atoms with Crippen LogP contribution >= 0.6 is 0 Å². The van der Waals surface area contributed by atoms with Crippen molar-refractivity contribution in [2.45, 2.75) is 31.7 Å². The van der Waals surface area contributed by atoms with E-state index in [1.807, 2.05) is 0 Å². The fourth-order valence-corrected chi connectivity index (χ4v) is 1.76. The molecule has 0 aromatic heterocycles. The maximum Gasteiger partial charge on any atom is 0.388 e. The lowest BCUT2D eigenvalue weighted by Crippen LogP contribution is -2.31. The van der Waals surface area contributed by atoms with Crippen LogP contribution in [-0.4, -0.2) is 12.9 Å². The maximum atomic E-state index is 13.7. The summed E-state index contributed by atoms with van der Waals surface area (Å²) in [6, 6.07) is 2.57. The standard InChI is InChI=1S/C12H12F4O2/c13-9-5-3-4-8(11(9)14)12(15,16)18-10-6-1-2-7-17-10/h3-5,10H,1-2,6-7H2. The van der Waals surface area contributed by atoms with Crippen LogP contribution in [0, 0.1) is 11.6 Å². The van der Waals surface area contributed by atoms with Crippen LogP contribution in [0.4, 0.5) is 17.6 Å². The Morgan fingerprint density at radius 1 is 1.22 bits per heavy atom. The summed E-state index contributed by atoms with van der Waals surface area (Å²) in [6.45, 7) is 0.326. The quantitative estimate of drug-likeness (QED) is 0.777. The van der Waals surface area contributed by atoms with E-state index in [1.165, 1.54) is 0 Å². The second-order valence-electron chi connectivity index (χ2n) is 4.03. The van der Waals surface area contributed by atoms with E-state index in [4.69, 9.17) is 4.74 Å². The summed E-state index contributed by atoms with van der Waals surface area (Å²) < 4.78 is 62.9. The first-order valence-corrected chi connectivity index (χ1v) is 5.62. The Bertz CT molecular complexity index is 417. The minimum absolute atomic E-state index is 0.312. The van der Waals surface area contributed by atoms with Gasteiger partial charge >= 0.3 is 6.11 Å². The molecule has 1 saturated heterocycles. The van der Waals surface area contributed by atoms with E-state index < -0.39 is 29.6 Å². The van der Waals surface area contributed by atoms with Crippen molar-refractivity contribution in [1.29, 1.82) is 0 Å². The molecule has 1 aromatic carbocycles. The van der Waals surface area contributed by atoms with Crippen LogP contribution in [0.25, 0.3) is 0 Å². The van der Waals surface area contributed by atoms with Gasteiger partial charge in [0.15, 0.2) is 17.9 Å². The van der Waals surface area contributed by atoms with Crippen LogP contribution in [0.15, 0.2) is 18.2 Å². The molecule has 1 heterocycles. The van der Waals surface area contributed by atoms with Gasteiger partial charge in [-0.25, -0.2) is 8.78 Å². The molecule has 1 fully saturated rings. The van der Waals surface area contributed by atoms with Crippen LogP contribution < -0.4 is 0 Å². The Balaban J connectivity index is 2.16. The first-order chi connectivity index (χ1) is 8.50. The zero-order valence-electron chi connectivity index (χ0n) is 9.47. The fraction of sp³-hybridized carbons (Fsp3) is 0.500. The van der Waals surface area contributed by atoms with Gasteiger partial charge in [0, 0.05) is 6.61 Å². The van der Waals surface area contributed by atoms with Crippen LogP contribution in [0.5, 0.6) is 0 Å². The topological polar surface area (TPSA) is 18.5 Å². The summed E-state index contributed by atoms with van der Waals surface area (Å²) in [4.78, 5) is 0. The highest BCUT2D eigenvalue weighted by molar-refractivity contribution is 5.21. The predicted octanol–water partition coefficient (Wildman–Crippen LogP) is 3.56. The molecule has 2 rings (SSSR count). The highest BCUT2D eigenvalue weighted by Crippen LogP contribution is 2.35. The van der Waals surface area contributed by atoms with Gasteiger partial charge in [0.05, 0.1) is 5.56 Å². The molecule has 0 saturated carbocycles. The van der Waals surface area contributed by atoms with Crippen molar-refractivity contribution in [3.63, 3.8) is 0 Å². The van der Waals surface area contributed by atoms with Crippen LogP contribution in [-0.2, 0) is 15.6 Å². The van der Waals surface area contributed by atoms with Gasteiger partial charge < -0.3 is 4.74 Å². The second kappa shape index (κ2) is 5.24. The lowest BCUT2D eigenvalue weighted by atomic mass is 10.1. The van der Waals surface area contributed by atoms with Gasteiger partial charge in [-0.1, -0.05) is 6.07 Å². The Hall–Kier alpha value is -1.14. The maximum absolute atomic E-state index is 13.7. The predicted molar refractivity (Wildman–Crippen MR) is 54.9 cm³/mol. The monoisotopic (exact) mass is 264 g/mol. The van der Waals surface area contributed by atoms with Crippen LogP contribution in [0.2, 0.25) is 0 Å². The first kappa shape index (κ1) is 13.3. The average Bonchev–Trinajstić information content (AvgIpc) is 2.33. The summed E-state index contributed by atoms with van der Waals surface area (Å²) in [6.07, 6.45) is -3.20. The fourth-order valence-electron chi connectivity index (χ4n) is 1.76. The Morgan fingerprint density at radius 2 is 2.00 bits per heavy atom. The highest BCUT2D eigenvalue weighted by Gasteiger charge is 2.40. The number of hydrogen-bond donors (Lipinski definition) is 0.